The summed E-state index contributed by atoms with van der Waals surface area (Å²) < 4.78 is 31.8. The lowest BCUT2D eigenvalue weighted by Gasteiger charge is -2.16. The van der Waals surface area contributed by atoms with Gasteiger partial charge in [-0.1, -0.05) is 23.4 Å². The molecule has 1 aliphatic rings. The minimum Gasteiger partial charge on any atom is -0.337 e. The van der Waals surface area contributed by atoms with Gasteiger partial charge < -0.3 is 15.2 Å². The van der Waals surface area contributed by atoms with E-state index in [-0.39, 0.29) is 29.6 Å². The van der Waals surface area contributed by atoms with Crippen LogP contribution in [-0.4, -0.2) is 16.2 Å². The number of rotatable bonds is 4. The van der Waals surface area contributed by atoms with Crippen molar-refractivity contribution in [3.8, 4) is 11.4 Å². The molecule has 144 valence electrons. The summed E-state index contributed by atoms with van der Waals surface area (Å²) in [5, 5.41) is 9.47. The van der Waals surface area contributed by atoms with Crippen LogP contribution in [-0.2, 0) is 6.42 Å². The van der Waals surface area contributed by atoms with Gasteiger partial charge in [0.1, 0.15) is 17.7 Å². The number of nitrogens with zero attached hydrogens (tertiary/aromatic N) is 2. The number of carbonyl (C=O) groups is 1. The van der Waals surface area contributed by atoms with E-state index in [0.29, 0.717) is 18.4 Å². The number of benzene rings is 2. The van der Waals surface area contributed by atoms with Crippen molar-refractivity contribution in [2.75, 3.05) is 0 Å². The first-order valence-electron chi connectivity index (χ1n) is 8.94. The summed E-state index contributed by atoms with van der Waals surface area (Å²) in [6.45, 7) is 1.71. The summed E-state index contributed by atoms with van der Waals surface area (Å²) in [6.07, 6.45) is 1.43. The number of nitrogens with one attached hydrogen (secondary N) is 2. The molecule has 0 saturated carbocycles. The maximum Gasteiger partial charge on any atom is 0.315 e. The summed E-state index contributed by atoms with van der Waals surface area (Å²) in [5.41, 5.74) is 2.33. The van der Waals surface area contributed by atoms with Crippen LogP contribution in [0.25, 0.3) is 11.4 Å². The SMILES string of the molecule is CC(NC(=O)NC1CCc2cc(F)ccc21)c1nc(-c2cccc(F)c2)no1. The molecule has 0 aliphatic heterocycles. The average Bonchev–Trinajstić information content (AvgIpc) is 3.29. The standard InChI is InChI=1S/C20H18F2N4O2/c1-11(19-25-18(26-28-19)13-3-2-4-14(21)10-13)23-20(27)24-17-8-5-12-9-15(22)6-7-16(12)17/h2-4,6-7,9-11,17H,5,8H2,1H3,(H2,23,24,27). The first-order valence-corrected chi connectivity index (χ1v) is 8.94. The van der Waals surface area contributed by atoms with Gasteiger partial charge in [-0.05, 0) is 55.2 Å². The van der Waals surface area contributed by atoms with Crippen molar-refractivity contribution in [2.24, 2.45) is 0 Å². The van der Waals surface area contributed by atoms with E-state index in [9.17, 15) is 13.6 Å². The Labute approximate surface area is 160 Å². The molecule has 1 aromatic heterocycles. The molecule has 0 fully saturated rings. The van der Waals surface area contributed by atoms with Gasteiger partial charge in [0.2, 0.25) is 11.7 Å². The van der Waals surface area contributed by atoms with E-state index >= 15 is 0 Å². The van der Waals surface area contributed by atoms with Crippen molar-refractivity contribution in [2.45, 2.75) is 31.8 Å². The van der Waals surface area contributed by atoms with Gasteiger partial charge in [-0.25, -0.2) is 13.6 Å². The summed E-state index contributed by atoms with van der Waals surface area (Å²) in [7, 11) is 0. The second kappa shape index (κ2) is 7.38. The molecule has 2 amide bonds. The quantitative estimate of drug-likeness (QED) is 0.711. The topological polar surface area (TPSA) is 80.0 Å². The van der Waals surface area contributed by atoms with Crippen LogP contribution < -0.4 is 10.6 Å². The van der Waals surface area contributed by atoms with Crippen LogP contribution in [0, 0.1) is 11.6 Å². The fourth-order valence-electron chi connectivity index (χ4n) is 3.35. The van der Waals surface area contributed by atoms with E-state index < -0.39 is 11.9 Å². The van der Waals surface area contributed by atoms with Crippen molar-refractivity contribution < 1.29 is 18.1 Å². The van der Waals surface area contributed by atoms with Crippen molar-refractivity contribution in [1.82, 2.24) is 20.8 Å². The number of aryl methyl sites for hydroxylation is 1. The Balaban J connectivity index is 1.39. The highest BCUT2D eigenvalue weighted by molar-refractivity contribution is 5.75. The van der Waals surface area contributed by atoms with Gasteiger partial charge in [-0.15, -0.1) is 0 Å². The van der Waals surface area contributed by atoms with Crippen LogP contribution in [0.5, 0.6) is 0 Å². The molecule has 0 spiro atoms. The Morgan fingerprint density at radius 2 is 2.04 bits per heavy atom. The average molecular weight is 384 g/mol. The zero-order valence-electron chi connectivity index (χ0n) is 15.1. The number of amides is 2. The molecule has 4 rings (SSSR count). The van der Waals surface area contributed by atoms with E-state index in [2.05, 4.69) is 20.8 Å². The second-order valence-electron chi connectivity index (χ2n) is 6.74. The Bertz CT molecular complexity index is 1020. The monoisotopic (exact) mass is 384 g/mol. The highest BCUT2D eigenvalue weighted by Crippen LogP contribution is 2.31. The molecule has 2 aromatic carbocycles. The molecule has 28 heavy (non-hydrogen) atoms. The number of urea groups is 1. The Hall–Kier alpha value is -3.29. The second-order valence-corrected chi connectivity index (χ2v) is 6.74. The highest BCUT2D eigenvalue weighted by Gasteiger charge is 2.25. The Morgan fingerprint density at radius 1 is 1.21 bits per heavy atom. The molecule has 1 heterocycles. The lowest BCUT2D eigenvalue weighted by Crippen LogP contribution is -2.38. The third kappa shape index (κ3) is 3.71. The fraction of sp³-hybridized carbons (Fsp3) is 0.250. The molecule has 2 unspecified atom stereocenters. The molecule has 3 aromatic rings. The Morgan fingerprint density at radius 3 is 2.86 bits per heavy atom. The number of hydrogen-bond acceptors (Lipinski definition) is 4. The number of hydrogen-bond donors (Lipinski definition) is 2. The third-order valence-electron chi connectivity index (χ3n) is 4.73. The summed E-state index contributed by atoms with van der Waals surface area (Å²) in [6, 6.07) is 9.36. The zero-order chi connectivity index (χ0) is 19.7. The first-order chi connectivity index (χ1) is 13.5. The van der Waals surface area contributed by atoms with Gasteiger partial charge in [0, 0.05) is 5.56 Å². The largest absolute Gasteiger partial charge is 0.337 e. The minimum absolute atomic E-state index is 0.173. The van der Waals surface area contributed by atoms with Gasteiger partial charge in [0.05, 0.1) is 6.04 Å². The molecule has 0 saturated heterocycles. The molecule has 2 atom stereocenters. The minimum atomic E-state index is -0.538. The normalized spacial score (nSPS) is 16.5. The van der Waals surface area contributed by atoms with Crippen LogP contribution in [0.4, 0.5) is 13.6 Å². The number of fused-ring (bicyclic) bond motifs is 1. The van der Waals surface area contributed by atoms with Gasteiger partial charge in [-0.3, -0.25) is 0 Å². The molecular weight excluding hydrogens is 366 g/mol. The summed E-state index contributed by atoms with van der Waals surface area (Å²) in [5.74, 6) is -0.215. The van der Waals surface area contributed by atoms with Gasteiger partial charge in [0.25, 0.3) is 0 Å². The van der Waals surface area contributed by atoms with Crippen LogP contribution >= 0.6 is 0 Å². The lowest BCUT2D eigenvalue weighted by atomic mass is 10.1. The summed E-state index contributed by atoms with van der Waals surface area (Å²) >= 11 is 0. The molecule has 1 aliphatic carbocycles. The number of carbonyl (C=O) groups excluding carboxylic acids is 1. The molecule has 0 bridgehead atoms. The van der Waals surface area contributed by atoms with Crippen molar-refractivity contribution in [3.05, 3.63) is 71.1 Å². The molecule has 0 radical (unpaired) electrons. The van der Waals surface area contributed by atoms with Crippen LogP contribution in [0.1, 0.15) is 42.4 Å². The molecule has 8 heteroatoms. The van der Waals surface area contributed by atoms with Crippen molar-refractivity contribution >= 4 is 6.03 Å². The van der Waals surface area contributed by atoms with E-state index in [0.717, 1.165) is 11.1 Å². The van der Waals surface area contributed by atoms with E-state index in [1.54, 1.807) is 25.1 Å². The van der Waals surface area contributed by atoms with E-state index in [4.69, 9.17) is 4.52 Å². The number of aromatic nitrogens is 2. The smallest absolute Gasteiger partial charge is 0.315 e. The van der Waals surface area contributed by atoms with Crippen LogP contribution in [0.2, 0.25) is 0 Å². The van der Waals surface area contributed by atoms with Gasteiger partial charge in [-0.2, -0.15) is 4.98 Å². The van der Waals surface area contributed by atoms with Crippen LogP contribution in [0.15, 0.2) is 47.0 Å². The third-order valence-corrected chi connectivity index (χ3v) is 4.73. The maximum absolute atomic E-state index is 13.3. The van der Waals surface area contributed by atoms with Gasteiger partial charge >= 0.3 is 6.03 Å². The maximum atomic E-state index is 13.3. The van der Waals surface area contributed by atoms with Crippen LogP contribution in [0.3, 0.4) is 0 Å². The number of halogens is 2. The van der Waals surface area contributed by atoms with Crippen molar-refractivity contribution in [3.63, 3.8) is 0 Å². The van der Waals surface area contributed by atoms with E-state index in [1.807, 2.05) is 0 Å². The molecular formula is C20H18F2N4O2. The van der Waals surface area contributed by atoms with Crippen molar-refractivity contribution in [1.29, 1.82) is 0 Å². The molecule has 6 nitrogen and oxygen atoms in total. The molecule has 2 N–H and O–H groups in total. The van der Waals surface area contributed by atoms with Gasteiger partial charge in [0.15, 0.2) is 0 Å². The highest BCUT2D eigenvalue weighted by atomic mass is 19.1. The summed E-state index contributed by atoms with van der Waals surface area (Å²) in [4.78, 5) is 16.6. The predicted molar refractivity (Wildman–Crippen MR) is 97.2 cm³/mol. The first kappa shape index (κ1) is 18.1. The fourth-order valence-corrected chi connectivity index (χ4v) is 3.35. The Kier molecular flexibility index (Phi) is 4.77. The predicted octanol–water partition coefficient (Wildman–Crippen LogP) is 4.06. The zero-order valence-corrected chi connectivity index (χ0v) is 15.1. The van der Waals surface area contributed by atoms with E-state index in [1.165, 1.54) is 24.3 Å². The lowest BCUT2D eigenvalue weighted by molar-refractivity contribution is 0.230.